The second kappa shape index (κ2) is 5.06. The van der Waals surface area contributed by atoms with Gasteiger partial charge in [0.15, 0.2) is 5.78 Å². The topological polar surface area (TPSA) is 17.1 Å². The van der Waals surface area contributed by atoms with Gasteiger partial charge in [-0.3, -0.25) is 4.79 Å². The third-order valence-electron chi connectivity index (χ3n) is 1.43. The van der Waals surface area contributed by atoms with Gasteiger partial charge in [0.1, 0.15) is 0 Å². The lowest BCUT2D eigenvalue weighted by Gasteiger charge is -1.88. The fraction of sp³-hybridized carbons (Fsp3) is 0.300. The summed E-state index contributed by atoms with van der Waals surface area (Å²) in [6, 6.07) is 1.86. The fourth-order valence-electron chi connectivity index (χ4n) is 0.885. The highest BCUT2D eigenvalue weighted by Gasteiger charge is 2.05. The third kappa shape index (κ3) is 2.87. The summed E-state index contributed by atoms with van der Waals surface area (Å²) in [5.41, 5.74) is 0.822. The number of hydrogen-bond donors (Lipinski definition) is 0. The lowest BCUT2D eigenvalue weighted by Crippen LogP contribution is -1.89. The molecule has 0 amide bonds. The Morgan fingerprint density at radius 1 is 1.69 bits per heavy atom. The molecule has 3 heteroatoms. The largest absolute Gasteiger partial charge is 0.294 e. The average Bonchev–Trinajstić information content (AvgIpc) is 2.53. The van der Waals surface area contributed by atoms with Crippen molar-refractivity contribution in [2.24, 2.45) is 0 Å². The van der Waals surface area contributed by atoms with Crippen molar-refractivity contribution >= 4 is 28.7 Å². The first-order valence-corrected chi connectivity index (χ1v) is 5.30. The van der Waals surface area contributed by atoms with Crippen molar-refractivity contribution < 1.29 is 4.79 Å². The van der Waals surface area contributed by atoms with Crippen molar-refractivity contribution in [3.05, 3.63) is 21.9 Å². The zero-order valence-corrected chi connectivity index (χ0v) is 8.84. The molecule has 13 heavy (non-hydrogen) atoms. The molecule has 0 atom stereocenters. The molecule has 0 aliphatic rings. The Labute approximate surface area is 86.7 Å². The number of Topliss-reactive ketones (excluding diaryl/α,β-unsaturated/α-hetero) is 1. The van der Waals surface area contributed by atoms with Crippen molar-refractivity contribution in [1.82, 2.24) is 0 Å². The quantitative estimate of drug-likeness (QED) is 0.419. The van der Waals surface area contributed by atoms with Crippen LogP contribution < -0.4 is 0 Å². The smallest absolute Gasteiger partial charge is 0.170 e. The predicted octanol–water partition coefficient (Wildman–Crippen LogP) is 2.93. The number of hydrogen-bond acceptors (Lipinski definition) is 2. The van der Waals surface area contributed by atoms with E-state index in [4.69, 9.17) is 11.6 Å². The van der Waals surface area contributed by atoms with Crippen molar-refractivity contribution in [3.63, 3.8) is 0 Å². The highest BCUT2D eigenvalue weighted by atomic mass is 35.5. The normalized spacial score (nSPS) is 9.08. The first-order valence-electron chi connectivity index (χ1n) is 3.89. The van der Waals surface area contributed by atoms with E-state index in [9.17, 15) is 4.79 Å². The van der Waals surface area contributed by atoms with Crippen LogP contribution in [0, 0.1) is 11.8 Å². The van der Waals surface area contributed by atoms with Gasteiger partial charge in [0.05, 0.1) is 4.88 Å². The summed E-state index contributed by atoms with van der Waals surface area (Å²) in [5, 5.41) is 1.88. The molecule has 0 radical (unpaired) electrons. The van der Waals surface area contributed by atoms with E-state index in [0.29, 0.717) is 12.3 Å². The molecule has 0 aliphatic heterocycles. The number of ketones is 1. The van der Waals surface area contributed by atoms with Gasteiger partial charge in [0.2, 0.25) is 0 Å². The van der Waals surface area contributed by atoms with E-state index in [1.807, 2.05) is 11.4 Å². The van der Waals surface area contributed by atoms with Crippen molar-refractivity contribution in [2.75, 3.05) is 5.88 Å². The number of carbonyl (C=O) groups excluding carboxylic acids is 1. The highest BCUT2D eigenvalue weighted by molar-refractivity contribution is 7.12. The van der Waals surface area contributed by atoms with Crippen LogP contribution in [-0.2, 0) is 0 Å². The van der Waals surface area contributed by atoms with E-state index in [-0.39, 0.29) is 5.78 Å². The van der Waals surface area contributed by atoms with Crippen LogP contribution in [0.25, 0.3) is 0 Å². The Balaban J connectivity index is 2.84. The maximum absolute atomic E-state index is 11.1. The maximum Gasteiger partial charge on any atom is 0.170 e. The van der Waals surface area contributed by atoms with Crippen LogP contribution in [0.1, 0.15) is 28.6 Å². The summed E-state index contributed by atoms with van der Waals surface area (Å²) in [7, 11) is 0. The Kier molecular flexibility index (Phi) is 4.01. The van der Waals surface area contributed by atoms with Gasteiger partial charge in [-0.1, -0.05) is 11.8 Å². The standard InChI is InChI=1S/C10H9ClOS/c1-8(12)10-9(5-7-13-10)4-2-3-6-11/h5,7H,3,6H2,1H3. The molecule has 0 saturated heterocycles. The number of rotatable bonds is 2. The molecular formula is C10H9ClOS. The van der Waals surface area contributed by atoms with Crippen LogP contribution in [0.2, 0.25) is 0 Å². The molecule has 0 bridgehead atoms. The Morgan fingerprint density at radius 2 is 2.46 bits per heavy atom. The maximum atomic E-state index is 11.1. The van der Waals surface area contributed by atoms with Gasteiger partial charge in [0, 0.05) is 17.9 Å². The summed E-state index contributed by atoms with van der Waals surface area (Å²) in [6.07, 6.45) is 0.661. The van der Waals surface area contributed by atoms with Crippen LogP contribution in [-0.4, -0.2) is 11.7 Å². The molecule has 0 unspecified atom stereocenters. The number of alkyl halides is 1. The van der Waals surface area contributed by atoms with Crippen LogP contribution >= 0.6 is 22.9 Å². The van der Waals surface area contributed by atoms with E-state index in [2.05, 4.69) is 11.8 Å². The van der Waals surface area contributed by atoms with Gasteiger partial charge in [-0.15, -0.1) is 22.9 Å². The predicted molar refractivity (Wildman–Crippen MR) is 56.5 cm³/mol. The minimum absolute atomic E-state index is 0.0742. The SMILES string of the molecule is CC(=O)c1sccc1C#CCCCl. The molecule has 0 aliphatic carbocycles. The second-order valence-corrected chi connectivity index (χ2v) is 3.75. The first-order chi connectivity index (χ1) is 6.25. The Morgan fingerprint density at radius 3 is 3.08 bits per heavy atom. The fourth-order valence-corrected chi connectivity index (χ4v) is 1.73. The number of carbonyl (C=O) groups is 1. The van der Waals surface area contributed by atoms with E-state index >= 15 is 0 Å². The van der Waals surface area contributed by atoms with Crippen LogP contribution in [0.5, 0.6) is 0 Å². The molecule has 0 N–H and O–H groups in total. The monoisotopic (exact) mass is 212 g/mol. The molecule has 1 nitrogen and oxygen atoms in total. The number of halogens is 1. The van der Waals surface area contributed by atoms with Gasteiger partial charge >= 0.3 is 0 Å². The van der Waals surface area contributed by atoms with Gasteiger partial charge in [-0.25, -0.2) is 0 Å². The highest BCUT2D eigenvalue weighted by Crippen LogP contribution is 2.15. The summed E-state index contributed by atoms with van der Waals surface area (Å²) >= 11 is 6.91. The summed E-state index contributed by atoms with van der Waals surface area (Å²) in [5.74, 6) is 6.44. The number of thiophene rings is 1. The molecule has 0 aromatic carbocycles. The molecule has 0 saturated carbocycles. The van der Waals surface area contributed by atoms with E-state index in [0.717, 1.165) is 10.4 Å². The molecule has 1 aromatic heterocycles. The first kappa shape index (κ1) is 10.3. The molecule has 1 heterocycles. The van der Waals surface area contributed by atoms with Crippen LogP contribution in [0.15, 0.2) is 11.4 Å². The Hall–Kier alpha value is -0.780. The minimum Gasteiger partial charge on any atom is -0.294 e. The molecular weight excluding hydrogens is 204 g/mol. The summed E-state index contributed by atoms with van der Waals surface area (Å²) in [6.45, 7) is 1.55. The van der Waals surface area contributed by atoms with Crippen LogP contribution in [0.4, 0.5) is 0 Å². The second-order valence-electron chi connectivity index (χ2n) is 2.46. The van der Waals surface area contributed by atoms with E-state index in [1.54, 1.807) is 6.92 Å². The lowest BCUT2D eigenvalue weighted by molar-refractivity contribution is 0.102. The zero-order chi connectivity index (χ0) is 9.68. The minimum atomic E-state index is 0.0742. The van der Waals surface area contributed by atoms with Gasteiger partial charge in [0.25, 0.3) is 0 Å². The zero-order valence-electron chi connectivity index (χ0n) is 7.26. The summed E-state index contributed by atoms with van der Waals surface area (Å²) < 4.78 is 0. The third-order valence-corrected chi connectivity index (χ3v) is 2.63. The van der Waals surface area contributed by atoms with Crippen molar-refractivity contribution in [3.8, 4) is 11.8 Å². The van der Waals surface area contributed by atoms with Gasteiger partial charge < -0.3 is 0 Å². The van der Waals surface area contributed by atoms with E-state index in [1.165, 1.54) is 11.3 Å². The molecule has 1 rings (SSSR count). The van der Waals surface area contributed by atoms with Crippen molar-refractivity contribution in [2.45, 2.75) is 13.3 Å². The van der Waals surface area contributed by atoms with E-state index < -0.39 is 0 Å². The van der Waals surface area contributed by atoms with Gasteiger partial charge in [-0.2, -0.15) is 0 Å². The average molecular weight is 213 g/mol. The molecule has 0 fully saturated rings. The van der Waals surface area contributed by atoms with Gasteiger partial charge in [-0.05, 0) is 18.4 Å². The van der Waals surface area contributed by atoms with Crippen molar-refractivity contribution in [1.29, 1.82) is 0 Å². The molecule has 0 spiro atoms. The Bertz CT molecular complexity index is 356. The van der Waals surface area contributed by atoms with Crippen LogP contribution in [0.3, 0.4) is 0 Å². The molecule has 68 valence electrons. The lowest BCUT2D eigenvalue weighted by atomic mass is 10.2. The summed E-state index contributed by atoms with van der Waals surface area (Å²) in [4.78, 5) is 11.8. The molecule has 1 aromatic rings.